The summed E-state index contributed by atoms with van der Waals surface area (Å²) in [5, 5.41) is 3.13. The monoisotopic (exact) mass is 429 g/mol. The zero-order chi connectivity index (χ0) is 22.7. The summed E-state index contributed by atoms with van der Waals surface area (Å²) in [6.45, 7) is 14.7. The number of carbonyl (C=O) groups is 2. The first-order valence-electron chi connectivity index (χ1n) is 11.8. The minimum atomic E-state index is -0.219. The molecular formula is C25H39N3O3. The Kier molecular flexibility index (Phi) is 7.76. The van der Waals surface area contributed by atoms with Gasteiger partial charge in [-0.2, -0.15) is 0 Å². The number of aryl methyl sites for hydroxylation is 1. The molecule has 2 saturated heterocycles. The zero-order valence-electron chi connectivity index (χ0n) is 20.0. The number of rotatable bonds is 5. The van der Waals surface area contributed by atoms with Gasteiger partial charge in [-0.15, -0.1) is 0 Å². The van der Waals surface area contributed by atoms with E-state index in [4.69, 9.17) is 4.74 Å². The van der Waals surface area contributed by atoms with Gasteiger partial charge in [0.05, 0.1) is 18.2 Å². The Bertz CT molecular complexity index is 784. The fraction of sp³-hybridized carbons (Fsp3) is 0.680. The number of morpholine rings is 1. The van der Waals surface area contributed by atoms with Crippen LogP contribution in [0, 0.1) is 12.8 Å². The minimum absolute atomic E-state index is 0.00290. The molecule has 1 aromatic rings. The van der Waals surface area contributed by atoms with Crippen molar-refractivity contribution in [3.8, 4) is 0 Å². The summed E-state index contributed by atoms with van der Waals surface area (Å²) in [5.41, 5.74) is 2.38. The number of likely N-dealkylation sites (tertiary alicyclic amines) is 1. The SMILES string of the molecule is Cc1cc(C(=O)N2CCCCC2C)ccc1NC(=O)C(C(C)C)N1CC(C)OC(C)C1. The Balaban J connectivity index is 1.72. The molecule has 0 aliphatic carbocycles. The van der Waals surface area contributed by atoms with Gasteiger partial charge in [-0.05, 0) is 76.6 Å². The van der Waals surface area contributed by atoms with Crippen molar-refractivity contribution in [1.29, 1.82) is 0 Å². The first kappa shape index (κ1) is 23.7. The normalized spacial score (nSPS) is 26.0. The second-order valence-electron chi connectivity index (χ2n) is 9.76. The van der Waals surface area contributed by atoms with Crippen LogP contribution in [0.1, 0.15) is 69.8 Å². The van der Waals surface area contributed by atoms with Gasteiger partial charge in [0.1, 0.15) is 0 Å². The molecule has 31 heavy (non-hydrogen) atoms. The van der Waals surface area contributed by atoms with Gasteiger partial charge >= 0.3 is 0 Å². The Morgan fingerprint density at radius 1 is 1.10 bits per heavy atom. The van der Waals surface area contributed by atoms with Gasteiger partial charge in [0, 0.05) is 36.9 Å². The molecule has 0 radical (unpaired) electrons. The fourth-order valence-electron chi connectivity index (χ4n) is 5.04. The average Bonchev–Trinajstić information content (AvgIpc) is 2.68. The Morgan fingerprint density at radius 3 is 2.35 bits per heavy atom. The van der Waals surface area contributed by atoms with Gasteiger partial charge in [0.2, 0.25) is 5.91 Å². The third-order valence-electron chi connectivity index (χ3n) is 6.54. The largest absolute Gasteiger partial charge is 0.373 e. The molecule has 6 nitrogen and oxygen atoms in total. The van der Waals surface area contributed by atoms with Crippen molar-refractivity contribution in [1.82, 2.24) is 9.80 Å². The van der Waals surface area contributed by atoms with E-state index in [-0.39, 0.29) is 42.0 Å². The summed E-state index contributed by atoms with van der Waals surface area (Å²) in [5.74, 6) is 0.270. The van der Waals surface area contributed by atoms with E-state index in [0.29, 0.717) is 5.56 Å². The maximum Gasteiger partial charge on any atom is 0.254 e. The van der Waals surface area contributed by atoms with Crippen molar-refractivity contribution in [3.05, 3.63) is 29.3 Å². The van der Waals surface area contributed by atoms with Gasteiger partial charge in [0.25, 0.3) is 5.91 Å². The number of nitrogens with zero attached hydrogens (tertiary/aromatic N) is 2. The van der Waals surface area contributed by atoms with Crippen LogP contribution in [0.4, 0.5) is 5.69 Å². The van der Waals surface area contributed by atoms with E-state index in [0.717, 1.165) is 43.7 Å². The lowest BCUT2D eigenvalue weighted by atomic mass is 9.99. The molecule has 1 N–H and O–H groups in total. The van der Waals surface area contributed by atoms with Crippen LogP contribution < -0.4 is 5.32 Å². The second kappa shape index (κ2) is 10.1. The molecule has 172 valence electrons. The summed E-state index contributed by atoms with van der Waals surface area (Å²) in [6, 6.07) is 5.68. The molecule has 4 atom stereocenters. The highest BCUT2D eigenvalue weighted by Crippen LogP contribution is 2.24. The quantitative estimate of drug-likeness (QED) is 0.766. The molecule has 0 saturated carbocycles. The molecule has 2 aliphatic rings. The smallest absolute Gasteiger partial charge is 0.254 e. The van der Waals surface area contributed by atoms with Crippen LogP contribution in [0.2, 0.25) is 0 Å². The van der Waals surface area contributed by atoms with Crippen LogP contribution in [-0.2, 0) is 9.53 Å². The van der Waals surface area contributed by atoms with E-state index >= 15 is 0 Å². The standard InChI is InChI=1S/C25H39N3O3/c1-16(2)23(27-14-19(5)31-20(6)15-27)24(29)26-22-11-10-21(13-17(22)3)25(30)28-12-8-7-9-18(28)4/h10-11,13,16,18-20,23H,7-9,12,14-15H2,1-6H3,(H,26,29). The van der Waals surface area contributed by atoms with Crippen LogP contribution >= 0.6 is 0 Å². The van der Waals surface area contributed by atoms with Crippen molar-refractivity contribution >= 4 is 17.5 Å². The molecule has 0 aromatic heterocycles. The molecule has 6 heteroatoms. The molecule has 2 aliphatic heterocycles. The van der Waals surface area contributed by atoms with E-state index in [1.807, 2.05) is 30.0 Å². The number of ether oxygens (including phenoxy) is 1. The van der Waals surface area contributed by atoms with E-state index in [2.05, 4.69) is 44.8 Å². The van der Waals surface area contributed by atoms with Gasteiger partial charge < -0.3 is 15.0 Å². The topological polar surface area (TPSA) is 61.9 Å². The summed E-state index contributed by atoms with van der Waals surface area (Å²) >= 11 is 0. The molecular weight excluding hydrogens is 390 g/mol. The summed E-state index contributed by atoms with van der Waals surface area (Å²) in [7, 11) is 0. The van der Waals surface area contributed by atoms with Crippen LogP contribution in [0.5, 0.6) is 0 Å². The van der Waals surface area contributed by atoms with Crippen molar-refractivity contribution in [2.24, 2.45) is 5.92 Å². The van der Waals surface area contributed by atoms with Crippen LogP contribution in [-0.4, -0.2) is 65.5 Å². The molecule has 2 heterocycles. The molecule has 2 fully saturated rings. The summed E-state index contributed by atoms with van der Waals surface area (Å²) in [6.07, 6.45) is 3.54. The second-order valence-corrected chi connectivity index (χ2v) is 9.76. The van der Waals surface area contributed by atoms with Crippen molar-refractivity contribution in [2.45, 2.75) is 85.1 Å². The number of carbonyl (C=O) groups excluding carboxylic acids is 2. The summed E-state index contributed by atoms with van der Waals surface area (Å²) < 4.78 is 5.85. The highest BCUT2D eigenvalue weighted by atomic mass is 16.5. The lowest BCUT2D eigenvalue weighted by molar-refractivity contribution is -0.130. The fourth-order valence-corrected chi connectivity index (χ4v) is 5.04. The number of hydrogen-bond acceptors (Lipinski definition) is 4. The molecule has 1 aromatic carbocycles. The van der Waals surface area contributed by atoms with Crippen molar-refractivity contribution < 1.29 is 14.3 Å². The maximum atomic E-state index is 13.3. The minimum Gasteiger partial charge on any atom is -0.373 e. The van der Waals surface area contributed by atoms with Gasteiger partial charge in [0.15, 0.2) is 0 Å². The highest BCUT2D eigenvalue weighted by molar-refractivity contribution is 5.98. The van der Waals surface area contributed by atoms with Crippen LogP contribution in [0.3, 0.4) is 0 Å². The maximum absolute atomic E-state index is 13.3. The molecule has 0 bridgehead atoms. The third kappa shape index (κ3) is 5.66. The van der Waals surface area contributed by atoms with Gasteiger partial charge in [-0.1, -0.05) is 13.8 Å². The molecule has 3 rings (SSSR count). The first-order chi connectivity index (χ1) is 14.7. The first-order valence-corrected chi connectivity index (χ1v) is 11.8. The number of piperidine rings is 1. The van der Waals surface area contributed by atoms with Crippen molar-refractivity contribution in [3.63, 3.8) is 0 Å². The Labute approximate surface area is 187 Å². The van der Waals surface area contributed by atoms with Crippen LogP contribution in [0.15, 0.2) is 18.2 Å². The van der Waals surface area contributed by atoms with E-state index in [1.54, 1.807) is 0 Å². The zero-order valence-corrected chi connectivity index (χ0v) is 20.0. The number of nitrogens with one attached hydrogen (secondary N) is 1. The molecule has 4 unspecified atom stereocenters. The van der Waals surface area contributed by atoms with Crippen molar-refractivity contribution in [2.75, 3.05) is 25.0 Å². The van der Waals surface area contributed by atoms with Crippen LogP contribution in [0.25, 0.3) is 0 Å². The highest BCUT2D eigenvalue weighted by Gasteiger charge is 2.34. The Morgan fingerprint density at radius 2 is 1.77 bits per heavy atom. The van der Waals surface area contributed by atoms with E-state index in [9.17, 15) is 9.59 Å². The Hall–Kier alpha value is -1.92. The predicted molar refractivity (Wildman–Crippen MR) is 124 cm³/mol. The van der Waals surface area contributed by atoms with Gasteiger partial charge in [-0.3, -0.25) is 14.5 Å². The number of anilines is 1. The predicted octanol–water partition coefficient (Wildman–Crippen LogP) is 4.08. The molecule has 0 spiro atoms. The third-order valence-corrected chi connectivity index (χ3v) is 6.54. The van der Waals surface area contributed by atoms with E-state index < -0.39 is 0 Å². The molecule has 2 amide bonds. The number of benzene rings is 1. The van der Waals surface area contributed by atoms with Gasteiger partial charge in [-0.25, -0.2) is 0 Å². The van der Waals surface area contributed by atoms with E-state index in [1.165, 1.54) is 6.42 Å². The lowest BCUT2D eigenvalue weighted by Crippen LogP contribution is -2.55. The lowest BCUT2D eigenvalue weighted by Gasteiger charge is -2.41. The average molecular weight is 430 g/mol. The number of amides is 2. The number of hydrogen-bond donors (Lipinski definition) is 1. The summed E-state index contributed by atoms with van der Waals surface area (Å²) in [4.78, 5) is 30.5.